The molecule has 2 aromatic rings. The molecular weight excluding hydrogens is 520 g/mol. The van der Waals surface area contributed by atoms with Crippen LogP contribution >= 0.6 is 0 Å². The van der Waals surface area contributed by atoms with Crippen LogP contribution in [0.2, 0.25) is 0 Å². The van der Waals surface area contributed by atoms with Crippen LogP contribution in [-0.4, -0.2) is 71.6 Å². The summed E-state index contributed by atoms with van der Waals surface area (Å²) in [5.74, 6) is 0. The number of carbonyl (C=O) groups is 2. The topological polar surface area (TPSA) is 88.5 Å². The zero-order valence-corrected chi connectivity index (χ0v) is 25.8. The first kappa shape index (κ1) is 32.4. The molecule has 0 atom stereocenters. The lowest BCUT2D eigenvalue weighted by Crippen LogP contribution is -2.47. The van der Waals surface area contributed by atoms with Crippen molar-refractivity contribution < 1.29 is 28.9 Å². The van der Waals surface area contributed by atoms with Crippen LogP contribution in [0.15, 0.2) is 60.7 Å². The largest absolute Gasteiger partial charge is 0.444 e. The van der Waals surface area contributed by atoms with E-state index in [1.807, 2.05) is 90.1 Å². The smallest absolute Gasteiger partial charge is 0.410 e. The summed E-state index contributed by atoms with van der Waals surface area (Å²) < 4.78 is 16.6. The Labute approximate surface area is 245 Å². The number of amides is 2. The van der Waals surface area contributed by atoms with E-state index in [4.69, 9.17) is 14.2 Å². The SMILES string of the molecule is CC(C)(C)OC(=O)N1CCC(O)(c2ccccc2)CC1.COC1(c2ccccc2)CCN(C(=O)OC(C)(C)C)CC1. The highest BCUT2D eigenvalue weighted by Crippen LogP contribution is 2.36. The maximum atomic E-state index is 12.1. The highest BCUT2D eigenvalue weighted by atomic mass is 16.6. The molecule has 41 heavy (non-hydrogen) atoms. The number of nitrogens with zero attached hydrogens (tertiary/aromatic N) is 2. The minimum absolute atomic E-state index is 0.236. The Bertz CT molecular complexity index is 1110. The Hall–Kier alpha value is -3.10. The average molecular weight is 569 g/mol. The first-order chi connectivity index (χ1) is 19.2. The van der Waals surface area contributed by atoms with Crippen LogP contribution in [0.3, 0.4) is 0 Å². The standard InChI is InChI=1S/C17H25NO3.C16H23NO3/c1-16(2,3)21-15(19)18-12-10-17(20-4,11-13-18)14-8-6-5-7-9-14;1-15(2,3)20-14(18)17-11-9-16(19,10-12-17)13-7-5-4-6-8-13/h5-9H,10-13H2,1-4H3;4-8,19H,9-12H2,1-3H3. The average Bonchev–Trinajstić information content (AvgIpc) is 2.93. The van der Waals surface area contributed by atoms with Gasteiger partial charge in [-0.15, -0.1) is 0 Å². The van der Waals surface area contributed by atoms with Gasteiger partial charge >= 0.3 is 12.2 Å². The predicted molar refractivity (Wildman–Crippen MR) is 160 cm³/mol. The van der Waals surface area contributed by atoms with Crippen LogP contribution in [0.25, 0.3) is 0 Å². The molecule has 2 saturated heterocycles. The van der Waals surface area contributed by atoms with Gasteiger partial charge in [-0.25, -0.2) is 9.59 Å². The number of hydrogen-bond acceptors (Lipinski definition) is 6. The lowest BCUT2D eigenvalue weighted by atomic mass is 9.84. The molecule has 2 aliphatic heterocycles. The van der Waals surface area contributed by atoms with E-state index in [1.165, 1.54) is 5.56 Å². The number of likely N-dealkylation sites (tertiary alicyclic amines) is 2. The number of piperidine rings is 2. The van der Waals surface area contributed by atoms with Gasteiger partial charge in [0.25, 0.3) is 0 Å². The van der Waals surface area contributed by atoms with Crippen molar-refractivity contribution in [3.63, 3.8) is 0 Å². The third-order valence-corrected chi connectivity index (χ3v) is 7.47. The summed E-state index contributed by atoms with van der Waals surface area (Å²) >= 11 is 0. The Morgan fingerprint density at radius 2 is 1.02 bits per heavy atom. The summed E-state index contributed by atoms with van der Waals surface area (Å²) in [6.07, 6.45) is 2.11. The van der Waals surface area contributed by atoms with Gasteiger partial charge in [0.2, 0.25) is 0 Å². The van der Waals surface area contributed by atoms with Crippen LogP contribution in [0, 0.1) is 0 Å². The van der Waals surface area contributed by atoms with E-state index >= 15 is 0 Å². The van der Waals surface area contributed by atoms with Crippen molar-refractivity contribution in [3.8, 4) is 0 Å². The molecule has 0 unspecified atom stereocenters. The fourth-order valence-electron chi connectivity index (χ4n) is 5.15. The highest BCUT2D eigenvalue weighted by Gasteiger charge is 2.39. The molecule has 4 rings (SSSR count). The zero-order chi connectivity index (χ0) is 30.3. The molecule has 2 heterocycles. The van der Waals surface area contributed by atoms with Crippen molar-refractivity contribution in [2.45, 2.75) is 89.6 Å². The third-order valence-electron chi connectivity index (χ3n) is 7.47. The van der Waals surface area contributed by atoms with Gasteiger partial charge in [-0.05, 0) is 78.4 Å². The molecule has 0 aliphatic carbocycles. The maximum Gasteiger partial charge on any atom is 0.410 e. The predicted octanol–water partition coefficient (Wildman–Crippen LogP) is 6.46. The van der Waals surface area contributed by atoms with Crippen molar-refractivity contribution in [2.75, 3.05) is 33.3 Å². The number of hydrogen-bond donors (Lipinski definition) is 1. The Kier molecular flexibility index (Phi) is 10.5. The molecule has 0 aromatic heterocycles. The molecule has 8 heteroatoms. The summed E-state index contributed by atoms with van der Waals surface area (Å²) in [6, 6.07) is 19.9. The van der Waals surface area contributed by atoms with Crippen LogP contribution < -0.4 is 0 Å². The van der Waals surface area contributed by atoms with E-state index in [1.54, 1.807) is 16.9 Å². The minimum Gasteiger partial charge on any atom is -0.444 e. The number of ether oxygens (including phenoxy) is 3. The monoisotopic (exact) mass is 568 g/mol. The molecule has 1 N–H and O–H groups in total. The van der Waals surface area contributed by atoms with Crippen molar-refractivity contribution in [1.29, 1.82) is 0 Å². The molecule has 0 spiro atoms. The molecule has 2 fully saturated rings. The Morgan fingerprint density at radius 1 is 0.659 bits per heavy atom. The second-order valence-corrected chi connectivity index (χ2v) is 12.9. The van der Waals surface area contributed by atoms with Crippen LogP contribution in [-0.2, 0) is 25.4 Å². The van der Waals surface area contributed by atoms with Crippen LogP contribution in [0.1, 0.15) is 78.4 Å². The number of methoxy groups -OCH3 is 1. The Morgan fingerprint density at radius 3 is 1.39 bits per heavy atom. The van der Waals surface area contributed by atoms with Crippen LogP contribution in [0.5, 0.6) is 0 Å². The minimum atomic E-state index is -0.834. The van der Waals surface area contributed by atoms with Gasteiger partial charge in [0.1, 0.15) is 11.2 Å². The van der Waals surface area contributed by atoms with E-state index in [2.05, 4.69) is 12.1 Å². The molecule has 0 saturated carbocycles. The lowest BCUT2D eigenvalue weighted by Gasteiger charge is -2.41. The summed E-state index contributed by atoms with van der Waals surface area (Å²) in [6.45, 7) is 13.6. The molecular formula is C33H48N2O6. The third kappa shape index (κ3) is 9.20. The maximum absolute atomic E-state index is 12.1. The molecule has 2 amide bonds. The molecule has 0 bridgehead atoms. The first-order valence-corrected chi connectivity index (χ1v) is 14.5. The van der Waals surface area contributed by atoms with Gasteiger partial charge in [-0.3, -0.25) is 0 Å². The zero-order valence-electron chi connectivity index (χ0n) is 25.8. The lowest BCUT2D eigenvalue weighted by molar-refractivity contribution is -0.0651. The number of rotatable bonds is 3. The summed E-state index contributed by atoms with van der Waals surface area (Å²) in [5, 5.41) is 10.7. The summed E-state index contributed by atoms with van der Waals surface area (Å²) in [7, 11) is 1.75. The number of carbonyl (C=O) groups excluding carboxylic acids is 2. The molecule has 226 valence electrons. The fraction of sp³-hybridized carbons (Fsp3) is 0.576. The number of aliphatic hydroxyl groups is 1. The fourth-order valence-corrected chi connectivity index (χ4v) is 5.15. The molecule has 2 aromatic carbocycles. The summed E-state index contributed by atoms with van der Waals surface area (Å²) in [4.78, 5) is 27.5. The molecule has 2 aliphatic rings. The second-order valence-electron chi connectivity index (χ2n) is 12.9. The first-order valence-electron chi connectivity index (χ1n) is 14.5. The van der Waals surface area contributed by atoms with Crippen molar-refractivity contribution >= 4 is 12.2 Å². The second kappa shape index (κ2) is 13.3. The molecule has 0 radical (unpaired) electrons. The van der Waals surface area contributed by atoms with Gasteiger partial charge in [0.05, 0.1) is 11.2 Å². The van der Waals surface area contributed by atoms with E-state index in [0.717, 1.165) is 18.4 Å². The van der Waals surface area contributed by atoms with Gasteiger partial charge in [-0.2, -0.15) is 0 Å². The van der Waals surface area contributed by atoms with Crippen LogP contribution in [0.4, 0.5) is 9.59 Å². The Balaban J connectivity index is 0.000000226. The van der Waals surface area contributed by atoms with E-state index < -0.39 is 16.8 Å². The van der Waals surface area contributed by atoms with E-state index in [9.17, 15) is 14.7 Å². The van der Waals surface area contributed by atoms with Crippen molar-refractivity contribution in [2.24, 2.45) is 0 Å². The van der Waals surface area contributed by atoms with E-state index in [-0.39, 0.29) is 17.8 Å². The van der Waals surface area contributed by atoms with Crippen molar-refractivity contribution in [1.82, 2.24) is 9.80 Å². The van der Waals surface area contributed by atoms with Gasteiger partial charge in [0.15, 0.2) is 0 Å². The van der Waals surface area contributed by atoms with Gasteiger partial charge in [-0.1, -0.05) is 60.7 Å². The quantitative estimate of drug-likeness (QED) is 0.457. The van der Waals surface area contributed by atoms with Gasteiger partial charge < -0.3 is 29.1 Å². The highest BCUT2D eigenvalue weighted by molar-refractivity contribution is 5.68. The summed E-state index contributed by atoms with van der Waals surface area (Å²) in [5.41, 5.74) is 0.0380. The van der Waals surface area contributed by atoms with E-state index in [0.29, 0.717) is 39.0 Å². The molecule has 8 nitrogen and oxygen atoms in total. The number of benzene rings is 2. The normalized spacial score (nSPS) is 18.5. The van der Waals surface area contributed by atoms with Gasteiger partial charge in [0, 0.05) is 33.3 Å². The van der Waals surface area contributed by atoms with Crippen molar-refractivity contribution in [3.05, 3.63) is 71.8 Å².